The van der Waals surface area contributed by atoms with Crippen molar-refractivity contribution in [1.82, 2.24) is 14.7 Å². The van der Waals surface area contributed by atoms with Gasteiger partial charge in [-0.05, 0) is 39.8 Å². The largest absolute Gasteiger partial charge is 0.330 e. The summed E-state index contributed by atoms with van der Waals surface area (Å²) >= 11 is 6.14. The van der Waals surface area contributed by atoms with Crippen LogP contribution in [0.1, 0.15) is 64.5 Å². The molecule has 29 heavy (non-hydrogen) atoms. The summed E-state index contributed by atoms with van der Waals surface area (Å²) in [4.78, 5) is 27.0. The molecule has 7 heteroatoms. The van der Waals surface area contributed by atoms with Gasteiger partial charge >= 0.3 is 0 Å². The predicted octanol–water partition coefficient (Wildman–Crippen LogP) is 4.69. The molecule has 0 saturated carbocycles. The van der Waals surface area contributed by atoms with Crippen LogP contribution in [-0.2, 0) is 15.7 Å². The molecule has 0 fully saturated rings. The van der Waals surface area contributed by atoms with Crippen LogP contribution < -0.4 is 5.32 Å². The summed E-state index contributed by atoms with van der Waals surface area (Å²) < 4.78 is 1.82. The molecule has 2 rings (SSSR count). The number of hydrogen-bond acceptors (Lipinski definition) is 3. The Balaban J connectivity index is 2.22. The van der Waals surface area contributed by atoms with Crippen LogP contribution in [0.2, 0.25) is 5.02 Å². The Labute approximate surface area is 178 Å². The second-order valence-corrected chi connectivity index (χ2v) is 9.50. The van der Waals surface area contributed by atoms with E-state index in [0.717, 1.165) is 5.69 Å². The molecule has 1 N–H and O–H groups in total. The number of benzene rings is 1. The van der Waals surface area contributed by atoms with Crippen LogP contribution in [0.25, 0.3) is 0 Å². The molecule has 1 aromatic heterocycles. The molecule has 0 atom stereocenters. The van der Waals surface area contributed by atoms with Crippen LogP contribution >= 0.6 is 11.6 Å². The fourth-order valence-electron chi connectivity index (χ4n) is 2.84. The maximum Gasteiger partial charge on any atom is 0.255 e. The van der Waals surface area contributed by atoms with Crippen LogP contribution in [0.5, 0.6) is 0 Å². The molecule has 6 nitrogen and oxygen atoms in total. The summed E-state index contributed by atoms with van der Waals surface area (Å²) in [7, 11) is 0. The quantitative estimate of drug-likeness (QED) is 0.765. The zero-order chi connectivity index (χ0) is 22.0. The molecular formula is C22H31ClN4O2. The Morgan fingerprint density at radius 3 is 2.28 bits per heavy atom. The van der Waals surface area contributed by atoms with Gasteiger partial charge in [0.25, 0.3) is 5.91 Å². The lowest BCUT2D eigenvalue weighted by molar-refractivity contribution is -0.116. The molecule has 158 valence electrons. The van der Waals surface area contributed by atoms with E-state index >= 15 is 0 Å². The van der Waals surface area contributed by atoms with Crippen molar-refractivity contribution in [3.05, 3.63) is 46.6 Å². The van der Waals surface area contributed by atoms with Gasteiger partial charge in [-0.15, -0.1) is 0 Å². The van der Waals surface area contributed by atoms with Crippen molar-refractivity contribution in [2.75, 3.05) is 18.4 Å². The highest BCUT2D eigenvalue weighted by Crippen LogP contribution is 2.28. The molecule has 0 radical (unpaired) electrons. The van der Waals surface area contributed by atoms with E-state index in [0.29, 0.717) is 22.9 Å². The van der Waals surface area contributed by atoms with Crippen LogP contribution in [0.4, 0.5) is 5.82 Å². The van der Waals surface area contributed by atoms with Crippen molar-refractivity contribution >= 4 is 29.2 Å². The average molecular weight is 419 g/mol. The topological polar surface area (TPSA) is 67.2 Å². The van der Waals surface area contributed by atoms with Crippen molar-refractivity contribution in [1.29, 1.82) is 0 Å². The van der Waals surface area contributed by atoms with Gasteiger partial charge in [0.15, 0.2) is 0 Å². The summed E-state index contributed by atoms with van der Waals surface area (Å²) in [6.07, 6.45) is 0. The van der Waals surface area contributed by atoms with Crippen molar-refractivity contribution in [3.8, 4) is 0 Å². The van der Waals surface area contributed by atoms with Gasteiger partial charge in [0.05, 0.1) is 21.8 Å². The molecule has 1 heterocycles. The minimum atomic E-state index is -0.302. The van der Waals surface area contributed by atoms with Crippen LogP contribution in [0.15, 0.2) is 30.3 Å². The summed E-state index contributed by atoms with van der Waals surface area (Å²) in [5.74, 6) is 0.0692. The Hall–Kier alpha value is -2.34. The first-order valence-electron chi connectivity index (χ1n) is 9.79. The maximum atomic E-state index is 12.8. The fraction of sp³-hybridized carbons (Fsp3) is 0.500. The minimum absolute atomic E-state index is 0.0687. The predicted molar refractivity (Wildman–Crippen MR) is 118 cm³/mol. The summed E-state index contributed by atoms with van der Waals surface area (Å²) in [6, 6.07) is 8.74. The van der Waals surface area contributed by atoms with E-state index < -0.39 is 0 Å². The second-order valence-electron chi connectivity index (χ2n) is 9.09. The van der Waals surface area contributed by atoms with Crippen molar-refractivity contribution in [2.24, 2.45) is 0 Å². The molecule has 1 aromatic carbocycles. The number of anilines is 1. The molecule has 0 spiro atoms. The molecular weight excluding hydrogens is 388 g/mol. The zero-order valence-corrected chi connectivity index (χ0v) is 19.1. The van der Waals surface area contributed by atoms with E-state index in [4.69, 9.17) is 16.7 Å². The first-order valence-corrected chi connectivity index (χ1v) is 10.2. The van der Waals surface area contributed by atoms with Crippen LogP contribution in [0, 0.1) is 0 Å². The van der Waals surface area contributed by atoms with Gasteiger partial charge in [0.2, 0.25) is 5.91 Å². The van der Waals surface area contributed by atoms with Gasteiger partial charge < -0.3 is 10.2 Å². The third-order valence-electron chi connectivity index (χ3n) is 4.49. The molecule has 0 aliphatic carbocycles. The van der Waals surface area contributed by atoms with Gasteiger partial charge in [-0.2, -0.15) is 5.10 Å². The normalized spacial score (nSPS) is 12.0. The molecule has 2 amide bonds. The molecule has 0 unspecified atom stereocenters. The third-order valence-corrected chi connectivity index (χ3v) is 4.82. The van der Waals surface area contributed by atoms with Gasteiger partial charge in [0.1, 0.15) is 12.4 Å². The second kappa shape index (κ2) is 8.57. The number of nitrogens with one attached hydrogen (secondary N) is 1. The van der Waals surface area contributed by atoms with Gasteiger partial charge in [-0.1, -0.05) is 44.5 Å². The van der Waals surface area contributed by atoms with Gasteiger partial charge in [-0.25, -0.2) is 4.68 Å². The number of carbonyl (C=O) groups is 2. The SMILES string of the molecule is CCN(CC(=O)Nc1cc(C(C)(C)C)nn1C(C)(C)C)C(=O)c1ccccc1Cl. The van der Waals surface area contributed by atoms with Crippen LogP contribution in [-0.4, -0.2) is 39.6 Å². The monoisotopic (exact) mass is 418 g/mol. The first-order chi connectivity index (χ1) is 13.3. The molecule has 0 saturated heterocycles. The standard InChI is InChI=1S/C22H31ClN4O2/c1-8-26(20(29)15-11-9-10-12-16(15)23)14-19(28)24-18-13-17(21(2,3)4)25-27(18)22(5,6)7/h9-13H,8,14H2,1-7H3,(H,24,28). The lowest BCUT2D eigenvalue weighted by atomic mass is 9.92. The van der Waals surface area contributed by atoms with Crippen LogP contribution in [0.3, 0.4) is 0 Å². The third kappa shape index (κ3) is 5.60. The fourth-order valence-corrected chi connectivity index (χ4v) is 3.05. The summed E-state index contributed by atoms with van der Waals surface area (Å²) in [5, 5.41) is 8.01. The average Bonchev–Trinajstić information content (AvgIpc) is 3.04. The van der Waals surface area contributed by atoms with E-state index in [1.54, 1.807) is 24.3 Å². The minimum Gasteiger partial charge on any atom is -0.330 e. The van der Waals surface area contributed by atoms with E-state index in [9.17, 15) is 9.59 Å². The van der Waals surface area contributed by atoms with Gasteiger partial charge in [0, 0.05) is 18.0 Å². The Kier molecular flexibility index (Phi) is 6.78. The summed E-state index contributed by atoms with van der Waals surface area (Å²) in [5.41, 5.74) is 0.829. The highest BCUT2D eigenvalue weighted by molar-refractivity contribution is 6.33. The number of aromatic nitrogens is 2. The van der Waals surface area contributed by atoms with Crippen molar-refractivity contribution in [2.45, 2.75) is 59.4 Å². The van der Waals surface area contributed by atoms with Crippen molar-refractivity contribution in [3.63, 3.8) is 0 Å². The lowest BCUT2D eigenvalue weighted by Gasteiger charge is -2.24. The van der Waals surface area contributed by atoms with Crippen molar-refractivity contribution < 1.29 is 9.59 Å². The smallest absolute Gasteiger partial charge is 0.255 e. The number of halogens is 1. The number of carbonyl (C=O) groups excluding carboxylic acids is 2. The Morgan fingerprint density at radius 1 is 1.14 bits per heavy atom. The zero-order valence-electron chi connectivity index (χ0n) is 18.3. The number of nitrogens with zero attached hydrogens (tertiary/aromatic N) is 3. The molecule has 0 bridgehead atoms. The maximum absolute atomic E-state index is 12.8. The molecule has 0 aliphatic heterocycles. The number of hydrogen-bond donors (Lipinski definition) is 1. The summed E-state index contributed by atoms with van der Waals surface area (Å²) in [6.45, 7) is 14.5. The number of rotatable bonds is 5. The highest BCUT2D eigenvalue weighted by Gasteiger charge is 2.26. The van der Waals surface area contributed by atoms with E-state index in [-0.39, 0.29) is 29.3 Å². The van der Waals surface area contributed by atoms with E-state index in [1.165, 1.54) is 4.90 Å². The first kappa shape index (κ1) is 22.9. The van der Waals surface area contributed by atoms with Gasteiger partial charge in [-0.3, -0.25) is 9.59 Å². The Morgan fingerprint density at radius 2 is 1.76 bits per heavy atom. The van der Waals surface area contributed by atoms with E-state index in [2.05, 4.69) is 26.1 Å². The molecule has 0 aliphatic rings. The highest BCUT2D eigenvalue weighted by atomic mass is 35.5. The Bertz CT molecular complexity index is 891. The molecule has 2 aromatic rings. The lowest BCUT2D eigenvalue weighted by Crippen LogP contribution is -2.38. The van der Waals surface area contributed by atoms with E-state index in [1.807, 2.05) is 38.4 Å². The number of amides is 2. The number of likely N-dealkylation sites (N-methyl/N-ethyl adjacent to an activating group) is 1.